The number of nitrogens with zero attached hydrogens (tertiary/aromatic N) is 2. The predicted octanol–water partition coefficient (Wildman–Crippen LogP) is 1.21. The molecule has 13 heavy (non-hydrogen) atoms. The van der Waals surface area contributed by atoms with Crippen molar-refractivity contribution in [3.8, 4) is 0 Å². The molecule has 1 N–H and O–H groups in total. The molecule has 0 fully saturated rings. The van der Waals surface area contributed by atoms with Gasteiger partial charge in [0.05, 0.1) is 0 Å². The Morgan fingerprint density at radius 2 is 2.38 bits per heavy atom. The highest BCUT2D eigenvalue weighted by atomic mass is 16.2. The van der Waals surface area contributed by atoms with E-state index >= 15 is 0 Å². The third-order valence-corrected chi connectivity index (χ3v) is 1.73. The molecule has 4 heteroatoms. The molecular weight excluding hydrogens is 166 g/mol. The van der Waals surface area contributed by atoms with E-state index in [9.17, 15) is 4.79 Å². The lowest BCUT2D eigenvalue weighted by Gasteiger charge is -2.09. The largest absolute Gasteiger partial charge is 0.351 e. The van der Waals surface area contributed by atoms with Crippen LogP contribution >= 0.6 is 0 Å². The molecule has 1 rings (SSSR count). The summed E-state index contributed by atoms with van der Waals surface area (Å²) in [5.74, 6) is -0.0614. The summed E-state index contributed by atoms with van der Waals surface area (Å²) in [5, 5.41) is 6.82. The van der Waals surface area contributed by atoms with Crippen molar-refractivity contribution >= 4 is 5.91 Å². The number of aromatic nitrogens is 2. The topological polar surface area (TPSA) is 46.9 Å². The van der Waals surface area contributed by atoms with Crippen LogP contribution in [0, 0.1) is 0 Å². The molecule has 0 bridgehead atoms. The van der Waals surface area contributed by atoms with Gasteiger partial charge < -0.3 is 5.32 Å². The molecule has 0 atom stereocenters. The molecule has 1 heterocycles. The second-order valence-corrected chi connectivity index (χ2v) is 3.11. The minimum atomic E-state index is -0.0614. The maximum atomic E-state index is 11.5. The van der Waals surface area contributed by atoms with Crippen LogP contribution in [0.3, 0.4) is 0 Å². The van der Waals surface area contributed by atoms with Crippen molar-refractivity contribution in [3.63, 3.8) is 0 Å². The van der Waals surface area contributed by atoms with Gasteiger partial charge in [0.25, 0.3) is 5.91 Å². The smallest absolute Gasteiger partial charge is 0.269 e. The molecule has 0 radical (unpaired) electrons. The van der Waals surface area contributed by atoms with E-state index in [2.05, 4.69) is 10.4 Å². The van der Waals surface area contributed by atoms with Gasteiger partial charge in [-0.1, -0.05) is 0 Å². The molecule has 0 aliphatic heterocycles. The number of hydrogen-bond donors (Lipinski definition) is 1. The maximum Gasteiger partial charge on any atom is 0.269 e. The van der Waals surface area contributed by atoms with Crippen molar-refractivity contribution in [1.29, 1.82) is 0 Å². The molecule has 72 valence electrons. The highest BCUT2D eigenvalue weighted by molar-refractivity contribution is 5.92. The van der Waals surface area contributed by atoms with E-state index in [1.165, 1.54) is 0 Å². The van der Waals surface area contributed by atoms with E-state index in [1.54, 1.807) is 16.9 Å². The summed E-state index contributed by atoms with van der Waals surface area (Å²) >= 11 is 0. The van der Waals surface area contributed by atoms with Crippen molar-refractivity contribution < 1.29 is 4.79 Å². The molecule has 0 aromatic carbocycles. The molecule has 4 nitrogen and oxygen atoms in total. The summed E-state index contributed by atoms with van der Waals surface area (Å²) in [6.45, 7) is 6.53. The van der Waals surface area contributed by atoms with E-state index in [4.69, 9.17) is 0 Å². The molecule has 0 aliphatic rings. The molecule has 0 saturated carbocycles. The summed E-state index contributed by atoms with van der Waals surface area (Å²) in [6, 6.07) is 1.94. The highest BCUT2D eigenvalue weighted by Crippen LogP contribution is 2.07. The Kier molecular flexibility index (Phi) is 3.06. The Morgan fingerprint density at radius 1 is 1.69 bits per heavy atom. The lowest BCUT2D eigenvalue weighted by atomic mass is 10.3. The molecule has 1 amide bonds. The zero-order chi connectivity index (χ0) is 9.84. The van der Waals surface area contributed by atoms with Crippen LogP contribution in [-0.2, 0) is 0 Å². The van der Waals surface area contributed by atoms with Crippen LogP contribution in [0.5, 0.6) is 0 Å². The van der Waals surface area contributed by atoms with Gasteiger partial charge in [-0.3, -0.25) is 9.48 Å². The average Bonchev–Trinajstić information content (AvgIpc) is 2.52. The number of nitrogens with one attached hydrogen (secondary N) is 1. The van der Waals surface area contributed by atoms with Gasteiger partial charge in [0.15, 0.2) is 0 Å². The lowest BCUT2D eigenvalue weighted by Crippen LogP contribution is -2.26. The van der Waals surface area contributed by atoms with E-state index in [1.807, 2.05) is 20.8 Å². The van der Waals surface area contributed by atoms with Gasteiger partial charge in [-0.2, -0.15) is 5.10 Å². The van der Waals surface area contributed by atoms with Gasteiger partial charge in [0.2, 0.25) is 0 Å². The molecule has 1 aromatic rings. The first kappa shape index (κ1) is 9.77. The van der Waals surface area contributed by atoms with Crippen molar-refractivity contribution in [1.82, 2.24) is 15.1 Å². The quantitative estimate of drug-likeness (QED) is 0.762. The average molecular weight is 181 g/mol. The van der Waals surface area contributed by atoms with Gasteiger partial charge in [-0.15, -0.1) is 0 Å². The van der Waals surface area contributed by atoms with Gasteiger partial charge in [-0.25, -0.2) is 0 Å². The Labute approximate surface area is 77.9 Å². The first-order chi connectivity index (χ1) is 6.16. The summed E-state index contributed by atoms with van der Waals surface area (Å²) < 4.78 is 1.71. The zero-order valence-electron chi connectivity index (χ0n) is 8.24. The van der Waals surface area contributed by atoms with Crippen LogP contribution in [0.1, 0.15) is 37.3 Å². The third-order valence-electron chi connectivity index (χ3n) is 1.73. The summed E-state index contributed by atoms with van der Waals surface area (Å²) in [7, 11) is 0. The van der Waals surface area contributed by atoms with E-state index in [0.717, 1.165) is 0 Å². The normalized spacial score (nSPS) is 10.5. The molecular formula is C9H15N3O. The SMILES string of the molecule is CCNC(=O)c1ccnn1C(C)C. The van der Waals surface area contributed by atoms with E-state index in [-0.39, 0.29) is 11.9 Å². The van der Waals surface area contributed by atoms with Gasteiger partial charge >= 0.3 is 0 Å². The number of amides is 1. The summed E-state index contributed by atoms with van der Waals surface area (Å²) in [4.78, 5) is 11.5. The molecule has 0 unspecified atom stereocenters. The standard InChI is InChI=1S/C9H15N3O/c1-4-10-9(13)8-5-6-11-12(8)7(2)3/h5-7H,4H2,1-3H3,(H,10,13). The van der Waals surface area contributed by atoms with Gasteiger partial charge in [0.1, 0.15) is 5.69 Å². The van der Waals surface area contributed by atoms with Crippen LogP contribution in [0.2, 0.25) is 0 Å². The van der Waals surface area contributed by atoms with Crippen molar-refractivity contribution in [3.05, 3.63) is 18.0 Å². The van der Waals surface area contributed by atoms with E-state index in [0.29, 0.717) is 12.2 Å². The van der Waals surface area contributed by atoms with Crippen LogP contribution < -0.4 is 5.32 Å². The predicted molar refractivity (Wildman–Crippen MR) is 50.6 cm³/mol. The van der Waals surface area contributed by atoms with Crippen molar-refractivity contribution in [2.75, 3.05) is 6.54 Å². The van der Waals surface area contributed by atoms with Crippen LogP contribution in [-0.4, -0.2) is 22.2 Å². The molecule has 1 aromatic heterocycles. The zero-order valence-corrected chi connectivity index (χ0v) is 8.24. The minimum absolute atomic E-state index is 0.0614. The highest BCUT2D eigenvalue weighted by Gasteiger charge is 2.12. The first-order valence-corrected chi connectivity index (χ1v) is 4.48. The van der Waals surface area contributed by atoms with Crippen LogP contribution in [0.25, 0.3) is 0 Å². The minimum Gasteiger partial charge on any atom is -0.351 e. The maximum absolute atomic E-state index is 11.5. The summed E-state index contributed by atoms with van der Waals surface area (Å²) in [6.07, 6.45) is 1.64. The lowest BCUT2D eigenvalue weighted by molar-refractivity contribution is 0.0943. The fraction of sp³-hybridized carbons (Fsp3) is 0.556. The Hall–Kier alpha value is -1.32. The fourth-order valence-corrected chi connectivity index (χ4v) is 1.16. The second kappa shape index (κ2) is 4.07. The Morgan fingerprint density at radius 3 is 2.92 bits per heavy atom. The fourth-order valence-electron chi connectivity index (χ4n) is 1.16. The van der Waals surface area contributed by atoms with Crippen molar-refractivity contribution in [2.24, 2.45) is 0 Å². The molecule has 0 aliphatic carbocycles. The summed E-state index contributed by atoms with van der Waals surface area (Å²) in [5.41, 5.74) is 0.622. The van der Waals surface area contributed by atoms with Crippen LogP contribution in [0.15, 0.2) is 12.3 Å². The van der Waals surface area contributed by atoms with Gasteiger partial charge in [-0.05, 0) is 26.8 Å². The number of hydrogen-bond acceptors (Lipinski definition) is 2. The number of carbonyl (C=O) groups is 1. The molecule has 0 saturated heterocycles. The third kappa shape index (κ3) is 2.08. The number of rotatable bonds is 3. The first-order valence-electron chi connectivity index (χ1n) is 4.48. The monoisotopic (exact) mass is 181 g/mol. The Balaban J connectivity index is 2.87. The second-order valence-electron chi connectivity index (χ2n) is 3.11. The van der Waals surface area contributed by atoms with Crippen molar-refractivity contribution in [2.45, 2.75) is 26.8 Å². The molecule has 0 spiro atoms. The number of carbonyl (C=O) groups excluding carboxylic acids is 1. The van der Waals surface area contributed by atoms with E-state index < -0.39 is 0 Å². The Bertz CT molecular complexity index is 291. The van der Waals surface area contributed by atoms with Gasteiger partial charge in [0, 0.05) is 18.8 Å². The van der Waals surface area contributed by atoms with Crippen LogP contribution in [0.4, 0.5) is 0 Å².